The highest BCUT2D eigenvalue weighted by molar-refractivity contribution is 7.88. The van der Waals surface area contributed by atoms with Crippen LogP contribution in [0.15, 0.2) is 0 Å². The van der Waals surface area contributed by atoms with Gasteiger partial charge in [0.2, 0.25) is 10.0 Å². The van der Waals surface area contributed by atoms with Gasteiger partial charge in [-0.2, -0.15) is 13.2 Å². The van der Waals surface area contributed by atoms with E-state index in [1.54, 1.807) is 0 Å². The molecule has 1 aliphatic carbocycles. The lowest BCUT2D eigenvalue weighted by atomic mass is 9.80. The molecule has 0 saturated heterocycles. The zero-order valence-corrected chi connectivity index (χ0v) is 7.74. The summed E-state index contributed by atoms with van der Waals surface area (Å²) in [6, 6.07) is -0.963. The quantitative estimate of drug-likeness (QED) is 0.746. The van der Waals surface area contributed by atoms with E-state index in [0.717, 1.165) is 6.26 Å². The Kier molecular flexibility index (Phi) is 2.59. The molecule has 0 bridgehead atoms. The second kappa shape index (κ2) is 3.13. The molecule has 0 heterocycles. The van der Waals surface area contributed by atoms with Crippen molar-refractivity contribution in [1.82, 2.24) is 4.72 Å². The first-order valence-corrected chi connectivity index (χ1v) is 5.63. The van der Waals surface area contributed by atoms with Crippen molar-refractivity contribution < 1.29 is 21.6 Å². The molecular weight excluding hydrogens is 207 g/mol. The minimum absolute atomic E-state index is 0.0106. The number of hydrogen-bond acceptors (Lipinski definition) is 2. The van der Waals surface area contributed by atoms with E-state index in [-0.39, 0.29) is 12.8 Å². The molecule has 78 valence electrons. The Morgan fingerprint density at radius 1 is 1.31 bits per heavy atom. The van der Waals surface area contributed by atoms with E-state index in [9.17, 15) is 21.6 Å². The molecule has 2 atom stereocenters. The molecule has 1 saturated carbocycles. The zero-order chi connectivity index (χ0) is 10.3. The number of sulfonamides is 1. The van der Waals surface area contributed by atoms with Gasteiger partial charge in [-0.15, -0.1) is 0 Å². The first-order valence-electron chi connectivity index (χ1n) is 3.74. The molecule has 1 aliphatic rings. The Balaban J connectivity index is 2.56. The highest BCUT2D eigenvalue weighted by atomic mass is 32.2. The largest absolute Gasteiger partial charge is 0.393 e. The van der Waals surface area contributed by atoms with Crippen LogP contribution in [0.3, 0.4) is 0 Å². The van der Waals surface area contributed by atoms with Crippen molar-refractivity contribution in [2.24, 2.45) is 5.92 Å². The molecule has 3 nitrogen and oxygen atoms in total. The molecule has 0 spiro atoms. The molecule has 0 aromatic rings. The second-order valence-corrected chi connectivity index (χ2v) is 5.00. The molecule has 0 aromatic carbocycles. The van der Waals surface area contributed by atoms with E-state index in [1.165, 1.54) is 0 Å². The molecule has 2 unspecified atom stereocenters. The SMILES string of the molecule is CS(=O)(=O)NC1CCC1C(F)(F)F. The van der Waals surface area contributed by atoms with Crippen LogP contribution in [-0.4, -0.2) is 26.9 Å². The molecule has 0 radical (unpaired) electrons. The number of halogens is 3. The lowest BCUT2D eigenvalue weighted by molar-refractivity contribution is -0.200. The van der Waals surface area contributed by atoms with Gasteiger partial charge >= 0.3 is 6.18 Å². The van der Waals surface area contributed by atoms with Gasteiger partial charge < -0.3 is 0 Å². The van der Waals surface area contributed by atoms with Gasteiger partial charge in [-0.05, 0) is 12.8 Å². The van der Waals surface area contributed by atoms with Crippen molar-refractivity contribution in [3.63, 3.8) is 0 Å². The monoisotopic (exact) mass is 217 g/mol. The lowest BCUT2D eigenvalue weighted by Crippen LogP contribution is -2.52. The molecular formula is C6H10F3NO2S. The average Bonchev–Trinajstić information content (AvgIpc) is 1.73. The number of rotatable bonds is 2. The number of hydrogen-bond donors (Lipinski definition) is 1. The summed E-state index contributed by atoms with van der Waals surface area (Å²) in [7, 11) is -3.53. The molecule has 0 aromatic heterocycles. The van der Waals surface area contributed by atoms with Crippen molar-refractivity contribution in [3.8, 4) is 0 Å². The van der Waals surface area contributed by atoms with Gasteiger partial charge in [0.05, 0.1) is 12.2 Å². The minimum atomic E-state index is -4.29. The molecule has 13 heavy (non-hydrogen) atoms. The van der Waals surface area contributed by atoms with Crippen molar-refractivity contribution in [2.75, 3.05) is 6.26 Å². The number of nitrogens with one attached hydrogen (secondary N) is 1. The van der Waals surface area contributed by atoms with Gasteiger partial charge in [-0.25, -0.2) is 13.1 Å². The van der Waals surface area contributed by atoms with Crippen LogP contribution in [0, 0.1) is 5.92 Å². The third-order valence-corrected chi connectivity index (χ3v) is 2.79. The van der Waals surface area contributed by atoms with Gasteiger partial charge in [0, 0.05) is 6.04 Å². The Labute approximate surface area is 74.4 Å². The summed E-state index contributed by atoms with van der Waals surface area (Å²) in [5.41, 5.74) is 0. The smallest absolute Gasteiger partial charge is 0.213 e. The van der Waals surface area contributed by atoms with Gasteiger partial charge in [0.1, 0.15) is 0 Å². The van der Waals surface area contributed by atoms with E-state index in [1.807, 2.05) is 4.72 Å². The maximum atomic E-state index is 12.1. The van der Waals surface area contributed by atoms with Crippen LogP contribution in [0.4, 0.5) is 13.2 Å². The third kappa shape index (κ3) is 2.84. The summed E-state index contributed by atoms with van der Waals surface area (Å²) < 4.78 is 59.5. The average molecular weight is 217 g/mol. The topological polar surface area (TPSA) is 46.2 Å². The first kappa shape index (κ1) is 10.8. The summed E-state index contributed by atoms with van der Waals surface area (Å²) in [5, 5.41) is 0. The fraction of sp³-hybridized carbons (Fsp3) is 1.00. The third-order valence-electron chi connectivity index (χ3n) is 2.06. The van der Waals surface area contributed by atoms with Crippen LogP contribution in [0.5, 0.6) is 0 Å². The van der Waals surface area contributed by atoms with Gasteiger partial charge in [0.25, 0.3) is 0 Å². The van der Waals surface area contributed by atoms with Gasteiger partial charge in [-0.3, -0.25) is 0 Å². The fourth-order valence-corrected chi connectivity index (χ4v) is 2.14. The van der Waals surface area contributed by atoms with E-state index in [4.69, 9.17) is 0 Å². The molecule has 1 N–H and O–H groups in total. The molecule has 1 fully saturated rings. The van der Waals surface area contributed by atoms with Crippen molar-refractivity contribution in [1.29, 1.82) is 0 Å². The van der Waals surface area contributed by atoms with E-state index >= 15 is 0 Å². The Hall–Kier alpha value is -0.300. The van der Waals surface area contributed by atoms with Crippen LogP contribution in [0.25, 0.3) is 0 Å². The predicted octanol–water partition coefficient (Wildman–Crippen LogP) is 0.877. The van der Waals surface area contributed by atoms with E-state index in [0.29, 0.717) is 0 Å². The number of alkyl halides is 3. The Morgan fingerprint density at radius 2 is 1.85 bits per heavy atom. The summed E-state index contributed by atoms with van der Waals surface area (Å²) in [6.07, 6.45) is -3.16. The van der Waals surface area contributed by atoms with Crippen LogP contribution in [0.2, 0.25) is 0 Å². The maximum Gasteiger partial charge on any atom is 0.393 e. The minimum Gasteiger partial charge on any atom is -0.213 e. The summed E-state index contributed by atoms with van der Waals surface area (Å²) in [6.45, 7) is 0. The molecule has 7 heteroatoms. The Morgan fingerprint density at radius 3 is 2.08 bits per heavy atom. The normalized spacial score (nSPS) is 29.8. The molecule has 0 amide bonds. The van der Waals surface area contributed by atoms with Crippen LogP contribution >= 0.6 is 0 Å². The Bertz CT molecular complexity index is 285. The summed E-state index contributed by atoms with van der Waals surface area (Å²) in [4.78, 5) is 0. The van der Waals surface area contributed by atoms with Crippen LogP contribution < -0.4 is 4.72 Å². The summed E-state index contributed by atoms with van der Waals surface area (Å²) in [5.74, 6) is -1.51. The van der Waals surface area contributed by atoms with Crippen LogP contribution in [0.1, 0.15) is 12.8 Å². The van der Waals surface area contributed by atoms with Gasteiger partial charge in [0.15, 0.2) is 0 Å². The maximum absolute atomic E-state index is 12.1. The van der Waals surface area contributed by atoms with Crippen molar-refractivity contribution >= 4 is 10.0 Å². The zero-order valence-electron chi connectivity index (χ0n) is 6.93. The standard InChI is InChI=1S/C6H10F3NO2S/c1-13(11,12)10-5-3-2-4(5)6(7,8)9/h4-5,10H,2-3H2,1H3. The molecule has 1 rings (SSSR count). The highest BCUT2D eigenvalue weighted by Crippen LogP contribution is 2.41. The summed E-state index contributed by atoms with van der Waals surface area (Å²) >= 11 is 0. The highest BCUT2D eigenvalue weighted by Gasteiger charge is 2.50. The van der Waals surface area contributed by atoms with Gasteiger partial charge in [-0.1, -0.05) is 0 Å². The van der Waals surface area contributed by atoms with Crippen LogP contribution in [-0.2, 0) is 10.0 Å². The van der Waals surface area contributed by atoms with E-state index in [2.05, 4.69) is 0 Å². The first-order chi connectivity index (χ1) is 5.70. The molecule has 0 aliphatic heterocycles. The fourth-order valence-electron chi connectivity index (χ4n) is 1.31. The van der Waals surface area contributed by atoms with E-state index < -0.39 is 28.2 Å². The lowest BCUT2D eigenvalue weighted by Gasteiger charge is -2.37. The predicted molar refractivity (Wildman–Crippen MR) is 40.5 cm³/mol. The van der Waals surface area contributed by atoms with Crippen molar-refractivity contribution in [3.05, 3.63) is 0 Å². The second-order valence-electron chi connectivity index (χ2n) is 3.22. The van der Waals surface area contributed by atoms with Crippen molar-refractivity contribution in [2.45, 2.75) is 25.1 Å².